The summed E-state index contributed by atoms with van der Waals surface area (Å²) in [6.07, 6.45) is 4.06. The molecule has 0 radical (unpaired) electrons. The minimum atomic E-state index is -0.0252. The van der Waals surface area contributed by atoms with Gasteiger partial charge in [0.2, 0.25) is 5.91 Å². The van der Waals surface area contributed by atoms with Crippen molar-refractivity contribution < 1.29 is 9.53 Å². The van der Waals surface area contributed by atoms with Gasteiger partial charge in [0.05, 0.1) is 31.4 Å². The zero-order valence-electron chi connectivity index (χ0n) is 10.8. The van der Waals surface area contributed by atoms with Gasteiger partial charge in [-0.15, -0.1) is 0 Å². The second-order valence-corrected chi connectivity index (χ2v) is 4.64. The maximum absolute atomic E-state index is 11.9. The van der Waals surface area contributed by atoms with E-state index in [1.807, 2.05) is 20.2 Å². The first-order valence-electron chi connectivity index (χ1n) is 6.25. The fourth-order valence-electron chi connectivity index (χ4n) is 2.01. The van der Waals surface area contributed by atoms with Gasteiger partial charge in [-0.05, 0) is 6.92 Å². The average molecular weight is 252 g/mol. The number of nitrogens with one attached hydrogen (secondary N) is 2. The van der Waals surface area contributed by atoms with Gasteiger partial charge < -0.3 is 15.4 Å². The van der Waals surface area contributed by atoms with E-state index in [1.165, 1.54) is 0 Å². The van der Waals surface area contributed by atoms with Gasteiger partial charge in [0, 0.05) is 31.9 Å². The summed E-state index contributed by atoms with van der Waals surface area (Å²) in [5.74, 6) is 0.0139. The van der Waals surface area contributed by atoms with Gasteiger partial charge in [0.1, 0.15) is 0 Å². The van der Waals surface area contributed by atoms with E-state index in [1.54, 1.807) is 10.9 Å². The number of hydrogen-bond acceptors (Lipinski definition) is 4. The summed E-state index contributed by atoms with van der Waals surface area (Å²) in [4.78, 5) is 11.9. The summed E-state index contributed by atoms with van der Waals surface area (Å²) in [6.45, 7) is 4.24. The lowest BCUT2D eigenvalue weighted by molar-refractivity contribution is -0.125. The molecule has 2 rings (SSSR count). The Morgan fingerprint density at radius 1 is 1.78 bits per heavy atom. The van der Waals surface area contributed by atoms with Crippen LogP contribution in [-0.4, -0.2) is 41.5 Å². The Kier molecular flexibility index (Phi) is 4.33. The monoisotopic (exact) mass is 252 g/mol. The first kappa shape index (κ1) is 13.0. The topological polar surface area (TPSA) is 68.2 Å². The maximum atomic E-state index is 11.9. The number of ether oxygens (including phenoxy) is 1. The highest BCUT2D eigenvalue weighted by Gasteiger charge is 2.19. The number of morpholine rings is 1. The Labute approximate surface area is 107 Å². The van der Waals surface area contributed by atoms with Crippen molar-refractivity contribution in [1.82, 2.24) is 20.4 Å². The van der Waals surface area contributed by atoms with Gasteiger partial charge in [-0.1, -0.05) is 0 Å². The quantitative estimate of drug-likeness (QED) is 0.790. The summed E-state index contributed by atoms with van der Waals surface area (Å²) in [6, 6.07) is -0.0252. The molecule has 2 unspecified atom stereocenters. The molecular formula is C12H20N4O2. The zero-order valence-corrected chi connectivity index (χ0v) is 10.8. The van der Waals surface area contributed by atoms with Crippen LogP contribution in [0.1, 0.15) is 24.9 Å². The van der Waals surface area contributed by atoms with E-state index in [9.17, 15) is 4.79 Å². The summed E-state index contributed by atoms with van der Waals surface area (Å²) >= 11 is 0. The molecule has 6 nitrogen and oxygen atoms in total. The molecule has 6 heteroatoms. The molecular weight excluding hydrogens is 232 g/mol. The van der Waals surface area contributed by atoms with Crippen LogP contribution in [-0.2, 0) is 16.6 Å². The van der Waals surface area contributed by atoms with Crippen LogP contribution in [0.2, 0.25) is 0 Å². The summed E-state index contributed by atoms with van der Waals surface area (Å²) < 4.78 is 7.23. The van der Waals surface area contributed by atoms with E-state index < -0.39 is 0 Å². The van der Waals surface area contributed by atoms with Crippen molar-refractivity contribution in [3.63, 3.8) is 0 Å². The number of amides is 1. The minimum absolute atomic E-state index is 0.0139. The molecule has 1 aliphatic rings. The molecule has 1 aromatic rings. The van der Waals surface area contributed by atoms with Crippen molar-refractivity contribution >= 4 is 5.91 Å². The largest absolute Gasteiger partial charge is 0.375 e. The van der Waals surface area contributed by atoms with E-state index in [4.69, 9.17) is 4.74 Å². The molecule has 0 saturated carbocycles. The lowest BCUT2D eigenvalue weighted by Crippen LogP contribution is -2.41. The Morgan fingerprint density at radius 3 is 3.22 bits per heavy atom. The van der Waals surface area contributed by atoms with Crippen LogP contribution in [0.5, 0.6) is 0 Å². The Balaban J connectivity index is 1.79. The number of hydrogen-bond donors (Lipinski definition) is 2. The number of rotatable bonds is 4. The molecule has 100 valence electrons. The number of carbonyl (C=O) groups excluding carboxylic acids is 1. The van der Waals surface area contributed by atoms with Crippen LogP contribution in [0.25, 0.3) is 0 Å². The third-order valence-corrected chi connectivity index (χ3v) is 3.02. The van der Waals surface area contributed by atoms with Gasteiger partial charge in [0.25, 0.3) is 0 Å². The molecule has 1 saturated heterocycles. The van der Waals surface area contributed by atoms with Gasteiger partial charge in [-0.3, -0.25) is 9.48 Å². The number of aryl methyl sites for hydroxylation is 1. The molecule has 2 heterocycles. The number of nitrogens with zero attached hydrogens (tertiary/aromatic N) is 2. The van der Waals surface area contributed by atoms with E-state index in [2.05, 4.69) is 15.7 Å². The third-order valence-electron chi connectivity index (χ3n) is 3.02. The lowest BCUT2D eigenvalue weighted by Gasteiger charge is -2.23. The maximum Gasteiger partial charge on any atom is 0.223 e. The Bertz CT molecular complexity index is 399. The highest BCUT2D eigenvalue weighted by molar-refractivity contribution is 5.76. The molecule has 0 aromatic carbocycles. The van der Waals surface area contributed by atoms with Crippen molar-refractivity contribution in [2.45, 2.75) is 25.5 Å². The standard InChI is InChI=1S/C12H20N4O2/c1-9(10-6-14-16(2)8-10)15-12(17)5-11-7-13-3-4-18-11/h6,8-9,11,13H,3-5,7H2,1-2H3,(H,15,17). The fraction of sp³-hybridized carbons (Fsp3) is 0.667. The first-order valence-corrected chi connectivity index (χ1v) is 6.25. The summed E-state index contributed by atoms with van der Waals surface area (Å²) in [7, 11) is 1.86. The van der Waals surface area contributed by atoms with Crippen molar-refractivity contribution in [2.75, 3.05) is 19.7 Å². The molecule has 1 aromatic heterocycles. The molecule has 1 aliphatic heterocycles. The van der Waals surface area contributed by atoms with Crippen molar-refractivity contribution in [1.29, 1.82) is 0 Å². The lowest BCUT2D eigenvalue weighted by atomic mass is 10.1. The molecule has 0 aliphatic carbocycles. The third kappa shape index (κ3) is 3.54. The van der Waals surface area contributed by atoms with Crippen LogP contribution >= 0.6 is 0 Å². The molecule has 1 amide bonds. The normalized spacial score (nSPS) is 21.6. The van der Waals surface area contributed by atoms with E-state index in [-0.39, 0.29) is 18.1 Å². The van der Waals surface area contributed by atoms with E-state index >= 15 is 0 Å². The summed E-state index contributed by atoms with van der Waals surface area (Å²) in [5.41, 5.74) is 1.01. The predicted octanol–water partition coefficient (Wildman–Crippen LogP) is -0.0242. The highest BCUT2D eigenvalue weighted by Crippen LogP contribution is 2.11. The molecule has 0 spiro atoms. The second-order valence-electron chi connectivity index (χ2n) is 4.64. The Hall–Kier alpha value is -1.40. The van der Waals surface area contributed by atoms with Gasteiger partial charge in [-0.25, -0.2) is 0 Å². The summed E-state index contributed by atoms with van der Waals surface area (Å²) in [5, 5.41) is 10.3. The molecule has 1 fully saturated rings. The predicted molar refractivity (Wildman–Crippen MR) is 67.0 cm³/mol. The second kappa shape index (κ2) is 5.97. The van der Waals surface area contributed by atoms with Crippen LogP contribution < -0.4 is 10.6 Å². The van der Waals surface area contributed by atoms with Crippen molar-refractivity contribution in [3.05, 3.63) is 18.0 Å². The smallest absolute Gasteiger partial charge is 0.223 e. The molecule has 0 bridgehead atoms. The molecule has 2 atom stereocenters. The van der Waals surface area contributed by atoms with Crippen LogP contribution in [0, 0.1) is 0 Å². The van der Waals surface area contributed by atoms with Crippen molar-refractivity contribution in [3.8, 4) is 0 Å². The van der Waals surface area contributed by atoms with E-state index in [0.29, 0.717) is 13.0 Å². The first-order chi connectivity index (χ1) is 8.65. The zero-order chi connectivity index (χ0) is 13.0. The molecule has 2 N–H and O–H groups in total. The van der Waals surface area contributed by atoms with Gasteiger partial charge in [-0.2, -0.15) is 5.10 Å². The number of aromatic nitrogens is 2. The van der Waals surface area contributed by atoms with Crippen LogP contribution in [0.4, 0.5) is 0 Å². The van der Waals surface area contributed by atoms with E-state index in [0.717, 1.165) is 18.7 Å². The van der Waals surface area contributed by atoms with Gasteiger partial charge in [0.15, 0.2) is 0 Å². The van der Waals surface area contributed by atoms with Crippen LogP contribution in [0.3, 0.4) is 0 Å². The van der Waals surface area contributed by atoms with Crippen molar-refractivity contribution in [2.24, 2.45) is 7.05 Å². The molecule has 18 heavy (non-hydrogen) atoms. The average Bonchev–Trinajstić information content (AvgIpc) is 2.77. The fourth-order valence-corrected chi connectivity index (χ4v) is 2.01. The minimum Gasteiger partial charge on any atom is -0.375 e. The van der Waals surface area contributed by atoms with Crippen LogP contribution in [0.15, 0.2) is 12.4 Å². The van der Waals surface area contributed by atoms with Gasteiger partial charge >= 0.3 is 0 Å². The SMILES string of the molecule is CC(NC(=O)CC1CNCCO1)c1cnn(C)c1. The Morgan fingerprint density at radius 2 is 2.61 bits per heavy atom. The highest BCUT2D eigenvalue weighted by atomic mass is 16.5. The number of carbonyl (C=O) groups is 1.